The summed E-state index contributed by atoms with van der Waals surface area (Å²) in [5.74, 6) is -0.932. The van der Waals surface area contributed by atoms with Gasteiger partial charge in [-0.05, 0) is 42.2 Å². The van der Waals surface area contributed by atoms with E-state index in [1.165, 1.54) is 0 Å². The molecule has 1 aromatic rings. The molecule has 5 nitrogen and oxygen atoms in total. The van der Waals surface area contributed by atoms with Gasteiger partial charge in [-0.2, -0.15) is 0 Å². The topological polar surface area (TPSA) is 69.6 Å². The van der Waals surface area contributed by atoms with Crippen LogP contribution in [0, 0.1) is 10.8 Å². The minimum absolute atomic E-state index is 0.00918. The average Bonchev–Trinajstić information content (AvgIpc) is 2.73. The first-order valence-corrected chi connectivity index (χ1v) is 8.55. The minimum atomic E-state index is -0.941. The van der Waals surface area contributed by atoms with Crippen LogP contribution < -0.4 is 5.32 Å². The predicted molar refractivity (Wildman–Crippen MR) is 93.1 cm³/mol. The molecule has 3 rings (SSSR count). The quantitative estimate of drug-likeness (QED) is 0.889. The predicted octanol–water partition coefficient (Wildman–Crippen LogP) is 3.22. The number of hydrogen-bond acceptors (Lipinski definition) is 3. The van der Waals surface area contributed by atoms with Crippen molar-refractivity contribution < 1.29 is 14.7 Å². The summed E-state index contributed by atoms with van der Waals surface area (Å²) in [5, 5.41) is 11.7. The fourth-order valence-corrected chi connectivity index (χ4v) is 4.85. The third kappa shape index (κ3) is 3.25. The number of aliphatic carboxylic acids is 1. The van der Waals surface area contributed by atoms with Gasteiger partial charge in [0.1, 0.15) is 6.54 Å². The molecule has 2 atom stereocenters. The van der Waals surface area contributed by atoms with Gasteiger partial charge in [-0.1, -0.05) is 32.9 Å². The van der Waals surface area contributed by atoms with Crippen LogP contribution >= 0.6 is 0 Å². The second-order valence-corrected chi connectivity index (χ2v) is 8.44. The molecule has 1 heterocycles. The molecule has 1 aliphatic carbocycles. The van der Waals surface area contributed by atoms with E-state index >= 15 is 0 Å². The van der Waals surface area contributed by atoms with E-state index in [-0.39, 0.29) is 29.3 Å². The number of benzene rings is 1. The molecule has 0 aromatic heterocycles. The first kappa shape index (κ1) is 16.8. The van der Waals surface area contributed by atoms with Gasteiger partial charge in [0.15, 0.2) is 0 Å². The number of carboxylic acids is 1. The maximum absolute atomic E-state index is 13.1. The summed E-state index contributed by atoms with van der Waals surface area (Å²) < 4.78 is 0. The Morgan fingerprint density at radius 1 is 1.25 bits per heavy atom. The standard InChI is InChI=1S/C19H26N2O3/c1-18(2)8-13-9-19(3,11-18)12-21(13)17(24)14-6-4-5-7-15(14)20-10-16(22)23/h4-7,13,20H,8-12H2,1-3H3,(H,22,23)/t13-,19-/m0/s1. The van der Waals surface area contributed by atoms with Gasteiger partial charge in [0.2, 0.25) is 0 Å². The van der Waals surface area contributed by atoms with Crippen LogP contribution in [0.3, 0.4) is 0 Å². The van der Waals surface area contributed by atoms with Crippen LogP contribution in [0.5, 0.6) is 0 Å². The summed E-state index contributed by atoms with van der Waals surface area (Å²) >= 11 is 0. The summed E-state index contributed by atoms with van der Waals surface area (Å²) in [4.78, 5) is 26.0. The van der Waals surface area contributed by atoms with Crippen LogP contribution in [-0.2, 0) is 4.79 Å². The molecule has 1 saturated heterocycles. The molecule has 2 fully saturated rings. The molecule has 2 bridgehead atoms. The van der Waals surface area contributed by atoms with Crippen molar-refractivity contribution in [2.45, 2.75) is 46.1 Å². The van der Waals surface area contributed by atoms with E-state index in [0.717, 1.165) is 25.8 Å². The number of carbonyl (C=O) groups excluding carboxylic acids is 1. The molecule has 0 spiro atoms. The summed E-state index contributed by atoms with van der Waals surface area (Å²) in [7, 11) is 0. The lowest BCUT2D eigenvalue weighted by Gasteiger charge is -2.39. The van der Waals surface area contributed by atoms with Gasteiger partial charge >= 0.3 is 5.97 Å². The number of nitrogens with zero attached hydrogens (tertiary/aromatic N) is 1. The molecule has 1 amide bonds. The third-order valence-electron chi connectivity index (χ3n) is 5.26. The van der Waals surface area contributed by atoms with Gasteiger partial charge in [0, 0.05) is 18.3 Å². The number of rotatable bonds is 4. The van der Waals surface area contributed by atoms with Crippen molar-refractivity contribution in [2.24, 2.45) is 10.8 Å². The average molecular weight is 330 g/mol. The number of fused-ring (bicyclic) bond motifs is 2. The zero-order valence-corrected chi connectivity index (χ0v) is 14.6. The second-order valence-electron chi connectivity index (χ2n) is 8.44. The highest BCUT2D eigenvalue weighted by Gasteiger charge is 2.51. The molecule has 1 aliphatic heterocycles. The Labute approximate surface area is 143 Å². The molecule has 24 heavy (non-hydrogen) atoms. The first-order valence-electron chi connectivity index (χ1n) is 8.55. The highest BCUT2D eigenvalue weighted by molar-refractivity contribution is 6.00. The van der Waals surface area contributed by atoms with E-state index < -0.39 is 5.97 Å². The van der Waals surface area contributed by atoms with Gasteiger partial charge < -0.3 is 15.3 Å². The van der Waals surface area contributed by atoms with Gasteiger partial charge in [0.05, 0.1) is 5.56 Å². The Morgan fingerprint density at radius 2 is 1.96 bits per heavy atom. The fourth-order valence-electron chi connectivity index (χ4n) is 4.85. The van der Waals surface area contributed by atoms with Crippen molar-refractivity contribution in [1.29, 1.82) is 0 Å². The van der Waals surface area contributed by atoms with Crippen molar-refractivity contribution in [1.82, 2.24) is 4.90 Å². The molecule has 0 unspecified atom stereocenters. The summed E-state index contributed by atoms with van der Waals surface area (Å²) in [5.41, 5.74) is 1.60. The maximum Gasteiger partial charge on any atom is 0.322 e. The minimum Gasteiger partial charge on any atom is -0.480 e. The third-order valence-corrected chi connectivity index (χ3v) is 5.26. The Morgan fingerprint density at radius 3 is 2.67 bits per heavy atom. The van der Waals surface area contributed by atoms with Gasteiger partial charge in [-0.3, -0.25) is 9.59 Å². The fraction of sp³-hybridized carbons (Fsp3) is 0.579. The summed E-state index contributed by atoms with van der Waals surface area (Å²) in [6.45, 7) is 7.44. The van der Waals surface area contributed by atoms with Crippen molar-refractivity contribution in [3.63, 3.8) is 0 Å². The number of hydrogen-bond donors (Lipinski definition) is 2. The van der Waals surface area contributed by atoms with E-state index in [2.05, 4.69) is 26.1 Å². The molecule has 1 aromatic carbocycles. The van der Waals surface area contributed by atoms with Crippen LogP contribution in [0.25, 0.3) is 0 Å². The zero-order chi connectivity index (χ0) is 17.5. The van der Waals surface area contributed by atoms with E-state index in [0.29, 0.717) is 11.3 Å². The Balaban J connectivity index is 1.84. The van der Waals surface area contributed by atoms with Crippen LogP contribution in [-0.4, -0.2) is 41.0 Å². The molecule has 2 N–H and O–H groups in total. The van der Waals surface area contributed by atoms with E-state index in [1.807, 2.05) is 17.0 Å². The molecular formula is C19H26N2O3. The molecule has 1 saturated carbocycles. The Bertz CT molecular complexity index is 670. The number of amides is 1. The first-order chi connectivity index (χ1) is 11.2. The summed E-state index contributed by atoms with van der Waals surface area (Å²) in [6.07, 6.45) is 3.23. The lowest BCUT2D eigenvalue weighted by atomic mass is 9.65. The van der Waals surface area contributed by atoms with Crippen LogP contribution in [0.15, 0.2) is 24.3 Å². The van der Waals surface area contributed by atoms with Crippen molar-refractivity contribution in [2.75, 3.05) is 18.4 Å². The Kier molecular flexibility index (Phi) is 4.06. The van der Waals surface area contributed by atoms with Crippen molar-refractivity contribution >= 4 is 17.6 Å². The lowest BCUT2D eigenvalue weighted by molar-refractivity contribution is -0.134. The van der Waals surface area contributed by atoms with Gasteiger partial charge in [0.25, 0.3) is 5.91 Å². The van der Waals surface area contributed by atoms with E-state index in [1.54, 1.807) is 12.1 Å². The van der Waals surface area contributed by atoms with Gasteiger partial charge in [-0.25, -0.2) is 0 Å². The number of carboxylic acid groups (broad SMARTS) is 1. The molecule has 130 valence electrons. The Hall–Kier alpha value is -2.04. The summed E-state index contributed by atoms with van der Waals surface area (Å²) in [6, 6.07) is 7.46. The number of likely N-dealkylation sites (tertiary alicyclic amines) is 1. The smallest absolute Gasteiger partial charge is 0.322 e. The van der Waals surface area contributed by atoms with Crippen molar-refractivity contribution in [3.05, 3.63) is 29.8 Å². The monoisotopic (exact) mass is 330 g/mol. The number of anilines is 1. The molecule has 5 heteroatoms. The SMILES string of the molecule is CC1(C)C[C@H]2C[C@](C)(CN2C(=O)c2ccccc2NCC(=O)O)C1. The number of para-hydroxylation sites is 1. The van der Waals surface area contributed by atoms with Gasteiger partial charge in [-0.15, -0.1) is 0 Å². The molecule has 2 aliphatic rings. The number of carbonyl (C=O) groups is 2. The van der Waals surface area contributed by atoms with Crippen LogP contribution in [0.2, 0.25) is 0 Å². The van der Waals surface area contributed by atoms with E-state index in [9.17, 15) is 9.59 Å². The van der Waals surface area contributed by atoms with Crippen molar-refractivity contribution in [3.8, 4) is 0 Å². The molecular weight excluding hydrogens is 304 g/mol. The zero-order valence-electron chi connectivity index (χ0n) is 14.6. The highest BCUT2D eigenvalue weighted by Crippen LogP contribution is 2.52. The normalized spacial score (nSPS) is 27.8. The highest BCUT2D eigenvalue weighted by atomic mass is 16.4. The molecule has 0 radical (unpaired) electrons. The van der Waals surface area contributed by atoms with E-state index in [4.69, 9.17) is 5.11 Å². The van der Waals surface area contributed by atoms with Crippen LogP contribution in [0.1, 0.15) is 50.4 Å². The largest absolute Gasteiger partial charge is 0.480 e. The number of nitrogens with one attached hydrogen (secondary N) is 1. The maximum atomic E-state index is 13.1. The lowest BCUT2D eigenvalue weighted by Crippen LogP contribution is -2.38. The van der Waals surface area contributed by atoms with Crippen LogP contribution in [0.4, 0.5) is 5.69 Å². The second kappa shape index (κ2) is 5.80.